The predicted octanol–water partition coefficient (Wildman–Crippen LogP) is 4.48. The van der Waals surface area contributed by atoms with Crippen LogP contribution in [0, 0.1) is 0 Å². The Bertz CT molecular complexity index is 790. The standard InChI is InChI=1S/C19H20Cl2N2O4/c1-3-26-18(24)23-22-17(27-12-13-4-8-15(20)9-5-13)19(2,25)14-6-10-16(21)11-7-14/h4-11,25H,3,12H2,1-2H3,(H,23,24)/b22-17+. The summed E-state index contributed by atoms with van der Waals surface area (Å²) in [6.45, 7) is 3.48. The maximum absolute atomic E-state index is 11.6. The van der Waals surface area contributed by atoms with Gasteiger partial charge in [-0.3, -0.25) is 0 Å². The Morgan fingerprint density at radius 2 is 1.63 bits per heavy atom. The number of aliphatic hydroxyl groups is 1. The molecule has 2 rings (SSSR count). The van der Waals surface area contributed by atoms with E-state index in [9.17, 15) is 9.90 Å². The molecule has 144 valence electrons. The second kappa shape index (κ2) is 9.60. The van der Waals surface area contributed by atoms with Gasteiger partial charge in [-0.25, -0.2) is 10.2 Å². The fraction of sp³-hybridized carbons (Fsp3) is 0.263. The van der Waals surface area contributed by atoms with Gasteiger partial charge in [-0.05, 0) is 49.2 Å². The largest absolute Gasteiger partial charge is 0.473 e. The van der Waals surface area contributed by atoms with Gasteiger partial charge >= 0.3 is 6.09 Å². The number of ether oxygens (including phenoxy) is 2. The number of hydrazone groups is 1. The van der Waals surface area contributed by atoms with Crippen molar-refractivity contribution in [1.82, 2.24) is 5.43 Å². The number of nitrogens with one attached hydrogen (secondary N) is 1. The van der Waals surface area contributed by atoms with E-state index in [-0.39, 0.29) is 19.1 Å². The summed E-state index contributed by atoms with van der Waals surface area (Å²) in [5.74, 6) is -0.104. The molecule has 1 atom stereocenters. The number of halogens is 2. The lowest BCUT2D eigenvalue weighted by Crippen LogP contribution is -2.36. The van der Waals surface area contributed by atoms with E-state index < -0.39 is 11.7 Å². The highest BCUT2D eigenvalue weighted by molar-refractivity contribution is 6.30. The van der Waals surface area contributed by atoms with Crippen molar-refractivity contribution in [1.29, 1.82) is 0 Å². The first kappa shape index (κ1) is 21.0. The van der Waals surface area contributed by atoms with Gasteiger partial charge in [-0.2, -0.15) is 0 Å². The van der Waals surface area contributed by atoms with Crippen LogP contribution in [0.25, 0.3) is 0 Å². The number of nitrogens with zero attached hydrogens (tertiary/aromatic N) is 1. The Morgan fingerprint density at radius 3 is 2.19 bits per heavy atom. The van der Waals surface area contributed by atoms with Crippen molar-refractivity contribution in [2.75, 3.05) is 6.61 Å². The predicted molar refractivity (Wildman–Crippen MR) is 105 cm³/mol. The molecule has 2 N–H and O–H groups in total. The van der Waals surface area contributed by atoms with Crippen LogP contribution in [-0.2, 0) is 21.7 Å². The fourth-order valence-corrected chi connectivity index (χ4v) is 2.42. The highest BCUT2D eigenvalue weighted by atomic mass is 35.5. The molecule has 0 aliphatic carbocycles. The Hall–Kier alpha value is -2.28. The van der Waals surface area contributed by atoms with Crippen LogP contribution in [0.1, 0.15) is 25.0 Å². The van der Waals surface area contributed by atoms with Crippen molar-refractivity contribution in [2.24, 2.45) is 5.10 Å². The van der Waals surface area contributed by atoms with Crippen molar-refractivity contribution >= 4 is 35.2 Å². The zero-order valence-corrected chi connectivity index (χ0v) is 16.4. The molecular formula is C19H20Cl2N2O4. The molecule has 2 aromatic rings. The molecule has 0 saturated carbocycles. The number of hydrogen-bond acceptors (Lipinski definition) is 5. The van der Waals surface area contributed by atoms with Gasteiger partial charge in [0.1, 0.15) is 6.61 Å². The second-order valence-electron chi connectivity index (χ2n) is 5.74. The summed E-state index contributed by atoms with van der Waals surface area (Å²) < 4.78 is 10.5. The molecule has 0 aliphatic heterocycles. The zero-order valence-electron chi connectivity index (χ0n) is 14.9. The van der Waals surface area contributed by atoms with Crippen LogP contribution < -0.4 is 5.43 Å². The summed E-state index contributed by atoms with van der Waals surface area (Å²) >= 11 is 11.8. The van der Waals surface area contributed by atoms with Crippen molar-refractivity contribution in [3.8, 4) is 0 Å². The van der Waals surface area contributed by atoms with Gasteiger partial charge in [0, 0.05) is 10.0 Å². The van der Waals surface area contributed by atoms with E-state index in [1.807, 2.05) is 0 Å². The topological polar surface area (TPSA) is 80.2 Å². The SMILES string of the molecule is CCOC(=O)N/N=C(/OCc1ccc(Cl)cc1)C(C)(O)c1ccc(Cl)cc1. The third kappa shape index (κ3) is 6.13. The molecule has 1 unspecified atom stereocenters. The molecule has 6 nitrogen and oxygen atoms in total. The van der Waals surface area contributed by atoms with Gasteiger partial charge in [-0.1, -0.05) is 47.5 Å². The van der Waals surface area contributed by atoms with Gasteiger partial charge < -0.3 is 14.6 Å². The van der Waals surface area contributed by atoms with Crippen LogP contribution in [0.15, 0.2) is 53.6 Å². The van der Waals surface area contributed by atoms with E-state index in [4.69, 9.17) is 32.7 Å². The molecule has 0 saturated heterocycles. The van der Waals surface area contributed by atoms with Crippen molar-refractivity contribution < 1.29 is 19.4 Å². The summed E-state index contributed by atoms with van der Waals surface area (Å²) in [6.07, 6.45) is -0.753. The smallest absolute Gasteiger partial charge is 0.427 e. The number of rotatable bonds is 6. The minimum Gasteiger partial charge on any atom is -0.473 e. The van der Waals surface area contributed by atoms with Crippen LogP contribution >= 0.6 is 23.2 Å². The second-order valence-corrected chi connectivity index (χ2v) is 6.62. The van der Waals surface area contributed by atoms with Crippen LogP contribution in [0.3, 0.4) is 0 Å². The lowest BCUT2D eigenvalue weighted by atomic mass is 9.96. The summed E-state index contributed by atoms with van der Waals surface area (Å²) in [5.41, 5.74) is 1.90. The van der Waals surface area contributed by atoms with Crippen molar-refractivity contribution in [3.63, 3.8) is 0 Å². The maximum Gasteiger partial charge on any atom is 0.427 e. The van der Waals surface area contributed by atoms with E-state index in [0.717, 1.165) is 5.56 Å². The molecule has 1 amide bonds. The Morgan fingerprint density at radius 1 is 1.07 bits per heavy atom. The van der Waals surface area contributed by atoms with E-state index in [1.54, 1.807) is 55.5 Å². The average Bonchev–Trinajstić information content (AvgIpc) is 2.63. The summed E-state index contributed by atoms with van der Waals surface area (Å²) in [5, 5.41) is 16.0. The summed E-state index contributed by atoms with van der Waals surface area (Å²) in [4.78, 5) is 11.6. The third-order valence-electron chi connectivity index (χ3n) is 3.64. The van der Waals surface area contributed by atoms with Crippen LogP contribution in [0.4, 0.5) is 4.79 Å². The Balaban J connectivity index is 2.24. The molecule has 0 aromatic heterocycles. The summed E-state index contributed by atoms with van der Waals surface area (Å²) in [6, 6.07) is 13.6. The number of amides is 1. The first-order valence-corrected chi connectivity index (χ1v) is 8.95. The molecule has 2 aromatic carbocycles. The number of carbonyl (C=O) groups excluding carboxylic acids is 1. The number of carbonyl (C=O) groups is 1. The minimum atomic E-state index is -1.61. The molecule has 0 spiro atoms. The van der Waals surface area contributed by atoms with E-state index in [2.05, 4.69) is 10.5 Å². The number of hydrogen-bond donors (Lipinski definition) is 2. The molecule has 0 bridgehead atoms. The highest BCUT2D eigenvalue weighted by Crippen LogP contribution is 2.25. The van der Waals surface area contributed by atoms with Gasteiger partial charge in [-0.15, -0.1) is 5.10 Å². The van der Waals surface area contributed by atoms with Crippen LogP contribution in [0.5, 0.6) is 0 Å². The van der Waals surface area contributed by atoms with Crippen LogP contribution in [0.2, 0.25) is 10.0 Å². The summed E-state index contributed by atoms with van der Waals surface area (Å²) in [7, 11) is 0. The Labute approximate surface area is 167 Å². The molecule has 8 heteroatoms. The normalized spacial score (nSPS) is 13.6. The van der Waals surface area contributed by atoms with Crippen molar-refractivity contribution in [3.05, 3.63) is 69.7 Å². The number of benzene rings is 2. The Kier molecular flexibility index (Phi) is 7.47. The van der Waals surface area contributed by atoms with Gasteiger partial charge in [0.25, 0.3) is 0 Å². The van der Waals surface area contributed by atoms with Gasteiger partial charge in [0.2, 0.25) is 5.90 Å². The molecule has 0 fully saturated rings. The first-order valence-electron chi connectivity index (χ1n) is 8.19. The van der Waals surface area contributed by atoms with E-state index in [0.29, 0.717) is 15.6 Å². The first-order chi connectivity index (χ1) is 12.8. The quantitative estimate of drug-likeness (QED) is 0.417. The molecule has 0 radical (unpaired) electrons. The fourth-order valence-electron chi connectivity index (χ4n) is 2.17. The zero-order chi connectivity index (χ0) is 19.9. The van der Waals surface area contributed by atoms with Crippen LogP contribution in [-0.4, -0.2) is 23.7 Å². The maximum atomic E-state index is 11.6. The van der Waals surface area contributed by atoms with Gasteiger partial charge in [0.05, 0.1) is 6.61 Å². The molecular weight excluding hydrogens is 391 g/mol. The molecule has 0 heterocycles. The average molecular weight is 411 g/mol. The molecule has 27 heavy (non-hydrogen) atoms. The monoisotopic (exact) mass is 410 g/mol. The van der Waals surface area contributed by atoms with E-state index >= 15 is 0 Å². The highest BCUT2D eigenvalue weighted by Gasteiger charge is 2.32. The van der Waals surface area contributed by atoms with Gasteiger partial charge in [0.15, 0.2) is 5.60 Å². The molecule has 0 aliphatic rings. The lowest BCUT2D eigenvalue weighted by molar-refractivity contribution is 0.0897. The minimum absolute atomic E-state index is 0.104. The lowest BCUT2D eigenvalue weighted by Gasteiger charge is -2.25. The third-order valence-corrected chi connectivity index (χ3v) is 4.14. The van der Waals surface area contributed by atoms with Crippen molar-refractivity contribution in [2.45, 2.75) is 26.1 Å². The van der Waals surface area contributed by atoms with E-state index in [1.165, 1.54) is 6.92 Å².